The van der Waals surface area contributed by atoms with Crippen molar-refractivity contribution in [3.63, 3.8) is 0 Å². The number of carbonyl (C=O) groups is 1. The van der Waals surface area contributed by atoms with E-state index in [1.165, 1.54) is 5.56 Å². The standard InChI is InChI=1S/C16H24N2O/c1-12-10-17-14(13-8-6-5-7-9-13)11-18(12)15(19)16(2,3)4/h5-9,12,14,17H,10-11H2,1-4H3/t12-,14-/m1/s1. The maximum atomic E-state index is 12.5. The van der Waals surface area contributed by atoms with Crippen LogP contribution in [-0.4, -0.2) is 29.9 Å². The summed E-state index contributed by atoms with van der Waals surface area (Å²) in [5.74, 6) is 0.238. The van der Waals surface area contributed by atoms with Crippen LogP contribution in [0.5, 0.6) is 0 Å². The first-order valence-electron chi connectivity index (χ1n) is 6.99. The van der Waals surface area contributed by atoms with Gasteiger partial charge in [0.15, 0.2) is 0 Å². The molecule has 0 spiro atoms. The third-order valence-corrected chi connectivity index (χ3v) is 3.68. The Bertz CT molecular complexity index is 436. The molecule has 1 aliphatic heterocycles. The Balaban J connectivity index is 2.15. The molecule has 1 aliphatic rings. The molecule has 19 heavy (non-hydrogen) atoms. The van der Waals surface area contributed by atoms with E-state index in [0.29, 0.717) is 0 Å². The van der Waals surface area contributed by atoms with Crippen LogP contribution in [0.1, 0.15) is 39.3 Å². The minimum atomic E-state index is -0.313. The van der Waals surface area contributed by atoms with E-state index in [1.54, 1.807) is 0 Å². The van der Waals surface area contributed by atoms with E-state index in [9.17, 15) is 4.79 Å². The van der Waals surface area contributed by atoms with Crippen molar-refractivity contribution < 1.29 is 4.79 Å². The SMILES string of the molecule is C[C@@H]1CN[C@@H](c2ccccc2)CN1C(=O)C(C)(C)C. The van der Waals surface area contributed by atoms with Crippen LogP contribution in [0.15, 0.2) is 30.3 Å². The Labute approximate surface area is 116 Å². The van der Waals surface area contributed by atoms with Crippen molar-refractivity contribution >= 4 is 5.91 Å². The maximum absolute atomic E-state index is 12.5. The van der Waals surface area contributed by atoms with Crippen molar-refractivity contribution in [3.05, 3.63) is 35.9 Å². The van der Waals surface area contributed by atoms with E-state index >= 15 is 0 Å². The van der Waals surface area contributed by atoms with Crippen LogP contribution in [0, 0.1) is 5.41 Å². The summed E-state index contributed by atoms with van der Waals surface area (Å²) in [5, 5.41) is 3.53. The lowest BCUT2D eigenvalue weighted by Crippen LogP contribution is -2.56. The molecule has 0 aliphatic carbocycles. The summed E-state index contributed by atoms with van der Waals surface area (Å²) < 4.78 is 0. The first-order valence-corrected chi connectivity index (χ1v) is 6.99. The molecule has 2 rings (SSSR count). The second-order valence-electron chi connectivity index (χ2n) is 6.43. The Hall–Kier alpha value is -1.35. The quantitative estimate of drug-likeness (QED) is 0.842. The van der Waals surface area contributed by atoms with Crippen LogP contribution >= 0.6 is 0 Å². The zero-order valence-electron chi connectivity index (χ0n) is 12.3. The molecule has 0 unspecified atom stereocenters. The highest BCUT2D eigenvalue weighted by molar-refractivity contribution is 5.82. The average molecular weight is 260 g/mol. The molecule has 1 aromatic carbocycles. The summed E-state index contributed by atoms with van der Waals surface area (Å²) in [6.07, 6.45) is 0. The second-order valence-corrected chi connectivity index (χ2v) is 6.43. The van der Waals surface area contributed by atoms with Gasteiger partial charge >= 0.3 is 0 Å². The van der Waals surface area contributed by atoms with E-state index in [0.717, 1.165) is 13.1 Å². The number of carbonyl (C=O) groups excluding carboxylic acids is 1. The molecule has 1 saturated heterocycles. The Morgan fingerprint density at radius 2 is 1.89 bits per heavy atom. The summed E-state index contributed by atoms with van der Waals surface area (Å²) in [6, 6.07) is 10.8. The van der Waals surface area contributed by atoms with Crippen LogP contribution in [-0.2, 0) is 4.79 Å². The number of benzene rings is 1. The fourth-order valence-electron chi connectivity index (χ4n) is 2.49. The van der Waals surface area contributed by atoms with E-state index < -0.39 is 0 Å². The lowest BCUT2D eigenvalue weighted by atomic mass is 9.92. The molecule has 0 bridgehead atoms. The Morgan fingerprint density at radius 3 is 2.47 bits per heavy atom. The van der Waals surface area contributed by atoms with Gasteiger partial charge in [-0.15, -0.1) is 0 Å². The molecule has 1 N–H and O–H groups in total. The average Bonchev–Trinajstić information content (AvgIpc) is 2.38. The molecule has 1 amide bonds. The summed E-state index contributed by atoms with van der Waals surface area (Å²) in [4.78, 5) is 14.5. The number of hydrogen-bond donors (Lipinski definition) is 1. The van der Waals surface area contributed by atoms with Crippen molar-refractivity contribution in [3.8, 4) is 0 Å². The van der Waals surface area contributed by atoms with E-state index in [1.807, 2.05) is 43.9 Å². The van der Waals surface area contributed by atoms with Gasteiger partial charge in [0.05, 0.1) is 0 Å². The number of nitrogens with zero attached hydrogens (tertiary/aromatic N) is 1. The molecule has 1 aromatic rings. The molecular weight excluding hydrogens is 236 g/mol. The van der Waals surface area contributed by atoms with Gasteiger partial charge in [-0.05, 0) is 12.5 Å². The number of nitrogens with one attached hydrogen (secondary N) is 1. The monoisotopic (exact) mass is 260 g/mol. The third kappa shape index (κ3) is 3.16. The minimum absolute atomic E-state index is 0.238. The molecule has 2 atom stereocenters. The van der Waals surface area contributed by atoms with Gasteiger partial charge < -0.3 is 10.2 Å². The Kier molecular flexibility index (Phi) is 3.95. The van der Waals surface area contributed by atoms with Gasteiger partial charge in [-0.3, -0.25) is 4.79 Å². The molecule has 0 saturated carbocycles. The first kappa shape index (κ1) is 14.1. The lowest BCUT2D eigenvalue weighted by Gasteiger charge is -2.41. The van der Waals surface area contributed by atoms with Crippen molar-refractivity contribution in [1.82, 2.24) is 10.2 Å². The molecule has 3 nitrogen and oxygen atoms in total. The summed E-state index contributed by atoms with van der Waals surface area (Å²) in [5.41, 5.74) is 0.938. The van der Waals surface area contributed by atoms with Crippen LogP contribution in [0.2, 0.25) is 0 Å². The lowest BCUT2D eigenvalue weighted by molar-refractivity contribution is -0.143. The van der Waals surface area contributed by atoms with Gasteiger partial charge in [-0.1, -0.05) is 51.1 Å². The van der Waals surface area contributed by atoms with Crippen LogP contribution in [0.25, 0.3) is 0 Å². The van der Waals surface area contributed by atoms with E-state index in [2.05, 4.69) is 24.4 Å². The third-order valence-electron chi connectivity index (χ3n) is 3.68. The summed E-state index contributed by atoms with van der Waals surface area (Å²) in [7, 11) is 0. The molecule has 1 heterocycles. The van der Waals surface area contributed by atoms with Crippen molar-refractivity contribution in [2.24, 2.45) is 5.41 Å². The summed E-state index contributed by atoms with van der Waals surface area (Å²) in [6.45, 7) is 9.67. The molecule has 3 heteroatoms. The van der Waals surface area contributed by atoms with Gasteiger partial charge in [-0.2, -0.15) is 0 Å². The first-order chi connectivity index (χ1) is 8.89. The summed E-state index contributed by atoms with van der Waals surface area (Å²) >= 11 is 0. The van der Waals surface area contributed by atoms with Gasteiger partial charge in [0.1, 0.15) is 0 Å². The minimum Gasteiger partial charge on any atom is -0.336 e. The number of piperazine rings is 1. The predicted octanol–water partition coefficient (Wildman–Crippen LogP) is 2.59. The fraction of sp³-hybridized carbons (Fsp3) is 0.562. The molecule has 1 fully saturated rings. The predicted molar refractivity (Wildman–Crippen MR) is 77.8 cm³/mol. The normalized spacial score (nSPS) is 24.3. The zero-order chi connectivity index (χ0) is 14.0. The number of amides is 1. The highest BCUT2D eigenvalue weighted by Crippen LogP contribution is 2.25. The van der Waals surface area contributed by atoms with Gasteiger partial charge in [0.25, 0.3) is 0 Å². The van der Waals surface area contributed by atoms with Crippen molar-refractivity contribution in [2.45, 2.75) is 39.8 Å². The van der Waals surface area contributed by atoms with Crippen LogP contribution in [0.3, 0.4) is 0 Å². The van der Waals surface area contributed by atoms with Crippen molar-refractivity contribution in [2.75, 3.05) is 13.1 Å². The smallest absolute Gasteiger partial charge is 0.228 e. The van der Waals surface area contributed by atoms with Crippen LogP contribution in [0.4, 0.5) is 0 Å². The highest BCUT2D eigenvalue weighted by atomic mass is 16.2. The molecule has 104 valence electrons. The Morgan fingerprint density at radius 1 is 1.26 bits per heavy atom. The van der Waals surface area contributed by atoms with Gasteiger partial charge in [0, 0.05) is 30.6 Å². The number of rotatable bonds is 1. The largest absolute Gasteiger partial charge is 0.336 e. The number of hydrogen-bond acceptors (Lipinski definition) is 2. The highest BCUT2D eigenvalue weighted by Gasteiger charge is 2.34. The van der Waals surface area contributed by atoms with Gasteiger partial charge in [0.2, 0.25) is 5.91 Å². The zero-order valence-corrected chi connectivity index (χ0v) is 12.3. The van der Waals surface area contributed by atoms with Crippen molar-refractivity contribution in [1.29, 1.82) is 0 Å². The fourth-order valence-corrected chi connectivity index (χ4v) is 2.49. The molecule has 0 aromatic heterocycles. The maximum Gasteiger partial charge on any atom is 0.228 e. The topological polar surface area (TPSA) is 32.3 Å². The van der Waals surface area contributed by atoms with Crippen LogP contribution < -0.4 is 5.32 Å². The van der Waals surface area contributed by atoms with E-state index in [-0.39, 0.29) is 23.4 Å². The molecular formula is C16H24N2O. The molecule has 0 radical (unpaired) electrons. The van der Waals surface area contributed by atoms with E-state index in [4.69, 9.17) is 0 Å². The second kappa shape index (κ2) is 5.33. The van der Waals surface area contributed by atoms with Gasteiger partial charge in [-0.25, -0.2) is 0 Å².